The van der Waals surface area contributed by atoms with E-state index >= 15 is 0 Å². The Hall–Kier alpha value is -1.11. The Bertz CT molecular complexity index is 392. The molecule has 3 nitrogen and oxygen atoms in total. The van der Waals surface area contributed by atoms with Crippen molar-refractivity contribution in [2.45, 2.75) is 38.1 Å². The molecule has 0 aliphatic heterocycles. The zero-order valence-corrected chi connectivity index (χ0v) is 11.3. The quantitative estimate of drug-likeness (QED) is 0.723. The van der Waals surface area contributed by atoms with Gasteiger partial charge in [-0.2, -0.15) is 13.2 Å². The van der Waals surface area contributed by atoms with E-state index in [9.17, 15) is 18.3 Å². The SMILES string of the molecule is CCC(CCO)NCC(O)c1ccc(C(F)(F)F)cc1. The Labute approximate surface area is 116 Å². The zero-order chi connectivity index (χ0) is 15.2. The summed E-state index contributed by atoms with van der Waals surface area (Å²) in [4.78, 5) is 0. The van der Waals surface area contributed by atoms with Crippen LogP contribution in [-0.2, 0) is 6.18 Å². The first-order valence-electron chi connectivity index (χ1n) is 6.58. The highest BCUT2D eigenvalue weighted by molar-refractivity contribution is 5.26. The fourth-order valence-corrected chi connectivity index (χ4v) is 1.90. The van der Waals surface area contributed by atoms with E-state index in [4.69, 9.17) is 5.11 Å². The molecule has 0 saturated carbocycles. The lowest BCUT2D eigenvalue weighted by Crippen LogP contribution is -2.33. The van der Waals surface area contributed by atoms with Crippen molar-refractivity contribution in [3.8, 4) is 0 Å². The summed E-state index contributed by atoms with van der Waals surface area (Å²) in [7, 11) is 0. The summed E-state index contributed by atoms with van der Waals surface area (Å²) in [6.07, 6.45) is -3.85. The topological polar surface area (TPSA) is 52.5 Å². The standard InChI is InChI=1S/C14H20F3NO2/c1-2-12(7-8-19)18-9-13(20)10-3-5-11(6-4-10)14(15,16)17/h3-6,12-13,18-20H,2,7-9H2,1H3. The summed E-state index contributed by atoms with van der Waals surface area (Å²) in [5.41, 5.74) is -0.294. The van der Waals surface area contributed by atoms with Gasteiger partial charge in [0.1, 0.15) is 0 Å². The predicted octanol–water partition coefficient (Wildman–Crippen LogP) is 2.49. The van der Waals surface area contributed by atoms with Gasteiger partial charge in [0.15, 0.2) is 0 Å². The summed E-state index contributed by atoms with van der Waals surface area (Å²) < 4.78 is 37.2. The fraction of sp³-hybridized carbons (Fsp3) is 0.571. The Balaban J connectivity index is 2.57. The monoisotopic (exact) mass is 291 g/mol. The minimum atomic E-state index is -4.36. The molecule has 0 aliphatic rings. The van der Waals surface area contributed by atoms with Crippen molar-refractivity contribution in [2.24, 2.45) is 0 Å². The second-order valence-corrected chi connectivity index (χ2v) is 4.66. The summed E-state index contributed by atoms with van der Waals surface area (Å²) in [6.45, 7) is 2.25. The lowest BCUT2D eigenvalue weighted by molar-refractivity contribution is -0.137. The van der Waals surface area contributed by atoms with E-state index < -0.39 is 17.8 Å². The van der Waals surface area contributed by atoms with Gasteiger partial charge in [0.25, 0.3) is 0 Å². The van der Waals surface area contributed by atoms with E-state index in [1.165, 1.54) is 12.1 Å². The molecule has 0 spiro atoms. The van der Waals surface area contributed by atoms with E-state index in [2.05, 4.69) is 5.32 Å². The zero-order valence-electron chi connectivity index (χ0n) is 11.3. The lowest BCUT2D eigenvalue weighted by atomic mass is 10.1. The third kappa shape index (κ3) is 5.11. The van der Waals surface area contributed by atoms with Crippen molar-refractivity contribution in [3.63, 3.8) is 0 Å². The van der Waals surface area contributed by atoms with E-state index in [1.54, 1.807) is 0 Å². The number of aliphatic hydroxyl groups is 2. The minimum Gasteiger partial charge on any atom is -0.396 e. The Kier molecular flexibility index (Phi) is 6.45. The molecule has 0 heterocycles. The highest BCUT2D eigenvalue weighted by Crippen LogP contribution is 2.29. The lowest BCUT2D eigenvalue weighted by Gasteiger charge is -2.19. The van der Waals surface area contributed by atoms with Crippen LogP contribution in [0.2, 0.25) is 0 Å². The maximum Gasteiger partial charge on any atom is 0.416 e. The second kappa shape index (κ2) is 7.61. The van der Waals surface area contributed by atoms with E-state index in [0.29, 0.717) is 12.0 Å². The summed E-state index contributed by atoms with van der Waals surface area (Å²) in [5, 5.41) is 21.8. The van der Waals surface area contributed by atoms with Crippen molar-refractivity contribution >= 4 is 0 Å². The van der Waals surface area contributed by atoms with Crippen molar-refractivity contribution in [2.75, 3.05) is 13.2 Å². The highest BCUT2D eigenvalue weighted by Gasteiger charge is 2.30. The number of rotatable bonds is 7. The summed E-state index contributed by atoms with van der Waals surface area (Å²) in [5.74, 6) is 0. The van der Waals surface area contributed by atoms with Crippen molar-refractivity contribution in [1.82, 2.24) is 5.32 Å². The number of halogens is 3. The van der Waals surface area contributed by atoms with Gasteiger partial charge >= 0.3 is 6.18 Å². The number of aliphatic hydroxyl groups excluding tert-OH is 2. The molecule has 0 saturated heterocycles. The molecule has 2 atom stereocenters. The number of hydrogen-bond acceptors (Lipinski definition) is 3. The first-order chi connectivity index (χ1) is 9.38. The smallest absolute Gasteiger partial charge is 0.396 e. The number of nitrogens with one attached hydrogen (secondary N) is 1. The molecule has 0 aliphatic carbocycles. The fourth-order valence-electron chi connectivity index (χ4n) is 1.90. The summed E-state index contributed by atoms with van der Waals surface area (Å²) >= 11 is 0. The van der Waals surface area contributed by atoms with Crippen LogP contribution in [-0.4, -0.2) is 29.4 Å². The maximum absolute atomic E-state index is 12.4. The molecule has 1 aromatic rings. The van der Waals surface area contributed by atoms with Gasteiger partial charge in [-0.05, 0) is 30.5 Å². The first-order valence-corrected chi connectivity index (χ1v) is 6.58. The minimum absolute atomic E-state index is 0.0574. The van der Waals surface area contributed by atoms with Crippen LogP contribution in [0.3, 0.4) is 0 Å². The highest BCUT2D eigenvalue weighted by atomic mass is 19.4. The van der Waals surface area contributed by atoms with Gasteiger partial charge in [-0.1, -0.05) is 19.1 Å². The normalized spacial score (nSPS) is 15.1. The van der Waals surface area contributed by atoms with Gasteiger partial charge in [0, 0.05) is 19.2 Å². The average molecular weight is 291 g/mol. The van der Waals surface area contributed by atoms with Gasteiger partial charge in [-0.25, -0.2) is 0 Å². The molecule has 2 unspecified atom stereocenters. The molecule has 0 fully saturated rings. The van der Waals surface area contributed by atoms with Gasteiger partial charge in [-0.3, -0.25) is 0 Å². The molecule has 0 amide bonds. The maximum atomic E-state index is 12.4. The number of alkyl halides is 3. The largest absolute Gasteiger partial charge is 0.416 e. The van der Waals surface area contributed by atoms with Crippen LogP contribution in [0.4, 0.5) is 13.2 Å². The van der Waals surface area contributed by atoms with Crippen molar-refractivity contribution < 1.29 is 23.4 Å². The Morgan fingerprint density at radius 1 is 1.20 bits per heavy atom. The Morgan fingerprint density at radius 3 is 2.25 bits per heavy atom. The van der Waals surface area contributed by atoms with Gasteiger partial charge in [0.2, 0.25) is 0 Å². The summed E-state index contributed by atoms with van der Waals surface area (Å²) in [6, 6.07) is 4.57. The predicted molar refractivity (Wildman–Crippen MR) is 70.2 cm³/mol. The van der Waals surface area contributed by atoms with Crippen LogP contribution in [0, 0.1) is 0 Å². The van der Waals surface area contributed by atoms with Crippen molar-refractivity contribution in [3.05, 3.63) is 35.4 Å². The third-order valence-corrected chi connectivity index (χ3v) is 3.19. The van der Waals surface area contributed by atoms with Crippen LogP contribution >= 0.6 is 0 Å². The molecule has 3 N–H and O–H groups in total. The van der Waals surface area contributed by atoms with Crippen LogP contribution in [0.15, 0.2) is 24.3 Å². The van der Waals surface area contributed by atoms with E-state index in [0.717, 1.165) is 18.6 Å². The molecule has 1 aromatic carbocycles. The molecule has 0 radical (unpaired) electrons. The van der Waals surface area contributed by atoms with Crippen LogP contribution in [0.1, 0.15) is 37.0 Å². The van der Waals surface area contributed by atoms with Crippen LogP contribution in [0.5, 0.6) is 0 Å². The van der Waals surface area contributed by atoms with Gasteiger partial charge in [0.05, 0.1) is 11.7 Å². The number of benzene rings is 1. The molecule has 1 rings (SSSR count). The van der Waals surface area contributed by atoms with Gasteiger partial charge in [-0.15, -0.1) is 0 Å². The molecule has 0 aromatic heterocycles. The second-order valence-electron chi connectivity index (χ2n) is 4.66. The molecule has 6 heteroatoms. The molecule has 114 valence electrons. The average Bonchev–Trinajstić information content (AvgIpc) is 2.42. The van der Waals surface area contributed by atoms with E-state index in [1.807, 2.05) is 6.92 Å². The van der Waals surface area contributed by atoms with E-state index in [-0.39, 0.29) is 19.2 Å². The molecule has 20 heavy (non-hydrogen) atoms. The molecular formula is C14H20F3NO2. The van der Waals surface area contributed by atoms with Crippen LogP contribution < -0.4 is 5.32 Å². The van der Waals surface area contributed by atoms with Crippen molar-refractivity contribution in [1.29, 1.82) is 0 Å². The third-order valence-electron chi connectivity index (χ3n) is 3.19. The first kappa shape index (κ1) is 16.9. The number of hydrogen-bond donors (Lipinski definition) is 3. The molecule has 0 bridgehead atoms. The van der Waals surface area contributed by atoms with Gasteiger partial charge < -0.3 is 15.5 Å². The molecular weight excluding hydrogens is 271 g/mol. The Morgan fingerprint density at radius 2 is 1.80 bits per heavy atom. The van der Waals surface area contributed by atoms with Crippen LogP contribution in [0.25, 0.3) is 0 Å².